The molecule has 0 unspecified atom stereocenters. The average Bonchev–Trinajstić information content (AvgIpc) is 3.05. The number of anilines is 1. The Morgan fingerprint density at radius 3 is 2.55 bits per heavy atom. The number of methoxy groups -OCH3 is 1. The molecule has 1 aromatic carbocycles. The van der Waals surface area contributed by atoms with Crippen LogP contribution in [0.2, 0.25) is 0 Å². The van der Waals surface area contributed by atoms with Crippen LogP contribution in [0.3, 0.4) is 0 Å². The average molecular weight is 415 g/mol. The molecule has 0 amide bonds. The zero-order chi connectivity index (χ0) is 21.1. The quantitative estimate of drug-likeness (QED) is 0.594. The highest BCUT2D eigenvalue weighted by molar-refractivity contribution is 7.20. The van der Waals surface area contributed by atoms with E-state index in [4.69, 9.17) is 4.74 Å². The number of thiophene rings is 1. The number of H-pyrrole nitrogens is 1. The third-order valence-corrected chi connectivity index (χ3v) is 5.54. The number of nitrogens with one attached hydrogen (secondary N) is 2. The van der Waals surface area contributed by atoms with E-state index in [-0.39, 0.29) is 18.2 Å². The van der Waals surface area contributed by atoms with Gasteiger partial charge in [0.25, 0.3) is 5.56 Å². The minimum Gasteiger partial charge on any atom is -0.465 e. The molecule has 0 radical (unpaired) electrons. The number of hydrogen-bond donors (Lipinski definition) is 2. The van der Waals surface area contributed by atoms with Crippen LogP contribution < -0.4 is 10.9 Å². The van der Waals surface area contributed by atoms with Gasteiger partial charge in [0, 0.05) is 5.69 Å². The van der Waals surface area contributed by atoms with Crippen molar-refractivity contribution < 1.29 is 19.1 Å². The first-order valence-corrected chi connectivity index (χ1v) is 9.82. The van der Waals surface area contributed by atoms with Gasteiger partial charge in [-0.2, -0.15) is 0 Å². The number of aromatic nitrogens is 2. The molecular formula is C20H21N3O5S. The number of aryl methyl sites for hydroxylation is 1. The Morgan fingerprint density at radius 1 is 1.24 bits per heavy atom. The normalized spacial score (nSPS) is 11.9. The summed E-state index contributed by atoms with van der Waals surface area (Å²) in [6.07, 6.45) is 0. The van der Waals surface area contributed by atoms with Gasteiger partial charge >= 0.3 is 11.9 Å². The van der Waals surface area contributed by atoms with Crippen LogP contribution in [-0.4, -0.2) is 35.6 Å². The Bertz CT molecular complexity index is 1120. The maximum absolute atomic E-state index is 12.6. The topological polar surface area (TPSA) is 110 Å². The SMILES string of the molecule is CCOC(=O)c1sc2nc([C@H](C)Nc3ccc(C(=O)OC)cc3)[nH]c(=O)c2c1C. The Morgan fingerprint density at radius 2 is 1.93 bits per heavy atom. The van der Waals surface area contributed by atoms with Crippen molar-refractivity contribution in [2.24, 2.45) is 0 Å². The summed E-state index contributed by atoms with van der Waals surface area (Å²) in [5.41, 5.74) is 1.47. The second kappa shape index (κ2) is 8.44. The molecule has 0 saturated carbocycles. The van der Waals surface area contributed by atoms with Crippen molar-refractivity contribution >= 4 is 39.2 Å². The number of esters is 2. The molecule has 0 fully saturated rings. The zero-order valence-electron chi connectivity index (χ0n) is 16.5. The molecule has 2 N–H and O–H groups in total. The Balaban J connectivity index is 1.88. The van der Waals surface area contributed by atoms with Crippen molar-refractivity contribution in [2.45, 2.75) is 26.8 Å². The van der Waals surface area contributed by atoms with Crippen LogP contribution >= 0.6 is 11.3 Å². The molecule has 2 heterocycles. The molecule has 2 aromatic heterocycles. The van der Waals surface area contributed by atoms with Gasteiger partial charge in [0.2, 0.25) is 0 Å². The van der Waals surface area contributed by atoms with E-state index in [0.29, 0.717) is 32.0 Å². The van der Waals surface area contributed by atoms with Crippen LogP contribution in [-0.2, 0) is 9.47 Å². The van der Waals surface area contributed by atoms with Gasteiger partial charge in [-0.15, -0.1) is 11.3 Å². The first-order valence-electron chi connectivity index (χ1n) is 9.01. The zero-order valence-corrected chi connectivity index (χ0v) is 17.3. The lowest BCUT2D eigenvalue weighted by Crippen LogP contribution is -2.17. The van der Waals surface area contributed by atoms with E-state index in [2.05, 4.69) is 20.0 Å². The fourth-order valence-corrected chi connectivity index (χ4v) is 3.98. The predicted molar refractivity (Wildman–Crippen MR) is 111 cm³/mol. The fraction of sp³-hybridized carbons (Fsp3) is 0.300. The van der Waals surface area contributed by atoms with Gasteiger partial charge in [-0.1, -0.05) is 0 Å². The van der Waals surface area contributed by atoms with Crippen LogP contribution in [0.15, 0.2) is 29.1 Å². The molecule has 1 atom stereocenters. The molecule has 0 aliphatic rings. The van der Waals surface area contributed by atoms with E-state index < -0.39 is 11.9 Å². The molecule has 0 saturated heterocycles. The van der Waals surface area contributed by atoms with Crippen LogP contribution in [0.4, 0.5) is 5.69 Å². The molecule has 152 valence electrons. The number of aromatic amines is 1. The van der Waals surface area contributed by atoms with Crippen molar-refractivity contribution in [3.05, 3.63) is 56.4 Å². The highest BCUT2D eigenvalue weighted by Crippen LogP contribution is 2.28. The third kappa shape index (κ3) is 4.14. The minimum atomic E-state index is -0.453. The largest absolute Gasteiger partial charge is 0.465 e. The van der Waals surface area contributed by atoms with Gasteiger partial charge in [-0.05, 0) is 50.6 Å². The first kappa shape index (κ1) is 20.5. The molecule has 3 rings (SSSR count). The van der Waals surface area contributed by atoms with Gasteiger partial charge in [0.1, 0.15) is 15.5 Å². The summed E-state index contributed by atoms with van der Waals surface area (Å²) in [5.74, 6) is -0.423. The number of benzene rings is 1. The number of carbonyl (C=O) groups excluding carboxylic acids is 2. The van der Waals surface area contributed by atoms with Crippen molar-refractivity contribution in [2.75, 3.05) is 19.0 Å². The highest BCUT2D eigenvalue weighted by Gasteiger charge is 2.21. The van der Waals surface area contributed by atoms with E-state index >= 15 is 0 Å². The van der Waals surface area contributed by atoms with Gasteiger partial charge in [0.15, 0.2) is 0 Å². The molecule has 9 heteroatoms. The Labute approximate surface area is 170 Å². The number of carbonyl (C=O) groups is 2. The lowest BCUT2D eigenvalue weighted by atomic mass is 10.2. The van der Waals surface area contributed by atoms with Gasteiger partial charge in [0.05, 0.1) is 30.7 Å². The Hall–Kier alpha value is -3.20. The van der Waals surface area contributed by atoms with Gasteiger partial charge in [-0.3, -0.25) is 4.79 Å². The van der Waals surface area contributed by atoms with E-state index in [9.17, 15) is 14.4 Å². The molecule has 0 aliphatic heterocycles. The molecule has 8 nitrogen and oxygen atoms in total. The minimum absolute atomic E-state index is 0.261. The number of nitrogens with zero attached hydrogens (tertiary/aromatic N) is 1. The molecule has 0 bridgehead atoms. The molecule has 0 aliphatic carbocycles. The van der Waals surface area contributed by atoms with Gasteiger partial charge in [-0.25, -0.2) is 14.6 Å². The standard InChI is InChI=1S/C20H21N3O5S/c1-5-28-20(26)15-10(2)14-17(24)22-16(23-18(14)29-15)11(3)21-13-8-6-12(7-9-13)19(25)27-4/h6-9,11,21H,5H2,1-4H3,(H,22,23,24)/t11-/m0/s1. The summed E-state index contributed by atoms with van der Waals surface area (Å²) in [6.45, 7) is 5.56. The summed E-state index contributed by atoms with van der Waals surface area (Å²) in [5, 5.41) is 3.63. The maximum Gasteiger partial charge on any atom is 0.348 e. The summed E-state index contributed by atoms with van der Waals surface area (Å²) < 4.78 is 9.74. The number of fused-ring (bicyclic) bond motifs is 1. The van der Waals surface area contributed by atoms with Crippen molar-refractivity contribution in [1.82, 2.24) is 9.97 Å². The molecule has 0 spiro atoms. The lowest BCUT2D eigenvalue weighted by Gasteiger charge is -2.14. The van der Waals surface area contributed by atoms with Crippen molar-refractivity contribution in [1.29, 1.82) is 0 Å². The van der Waals surface area contributed by atoms with Crippen LogP contribution in [0.5, 0.6) is 0 Å². The second-order valence-electron chi connectivity index (χ2n) is 6.34. The number of ether oxygens (including phenoxy) is 2. The summed E-state index contributed by atoms with van der Waals surface area (Å²) >= 11 is 1.15. The Kier molecular flexibility index (Phi) is 5.97. The number of hydrogen-bond acceptors (Lipinski definition) is 8. The third-order valence-electron chi connectivity index (χ3n) is 4.38. The molecule has 3 aromatic rings. The monoisotopic (exact) mass is 415 g/mol. The summed E-state index contributed by atoms with van der Waals surface area (Å²) in [4.78, 5) is 44.4. The summed E-state index contributed by atoms with van der Waals surface area (Å²) in [7, 11) is 1.33. The van der Waals surface area contributed by atoms with Crippen LogP contribution in [0, 0.1) is 6.92 Å². The molecular weight excluding hydrogens is 394 g/mol. The summed E-state index contributed by atoms with van der Waals surface area (Å²) in [6, 6.07) is 6.47. The predicted octanol–water partition coefficient (Wildman–Crippen LogP) is 3.43. The second-order valence-corrected chi connectivity index (χ2v) is 7.34. The van der Waals surface area contributed by atoms with E-state index in [0.717, 1.165) is 17.0 Å². The molecule has 29 heavy (non-hydrogen) atoms. The van der Waals surface area contributed by atoms with Crippen LogP contribution in [0.1, 0.15) is 51.3 Å². The van der Waals surface area contributed by atoms with Crippen LogP contribution in [0.25, 0.3) is 10.2 Å². The fourth-order valence-electron chi connectivity index (χ4n) is 2.90. The van der Waals surface area contributed by atoms with Crippen molar-refractivity contribution in [3.8, 4) is 0 Å². The van der Waals surface area contributed by atoms with E-state index in [1.807, 2.05) is 6.92 Å². The van der Waals surface area contributed by atoms with Crippen molar-refractivity contribution in [3.63, 3.8) is 0 Å². The maximum atomic E-state index is 12.6. The van der Waals surface area contributed by atoms with E-state index in [1.54, 1.807) is 38.1 Å². The highest BCUT2D eigenvalue weighted by atomic mass is 32.1. The smallest absolute Gasteiger partial charge is 0.348 e. The lowest BCUT2D eigenvalue weighted by molar-refractivity contribution is 0.0530. The van der Waals surface area contributed by atoms with Gasteiger partial charge < -0.3 is 19.8 Å². The number of rotatable bonds is 6. The first-order chi connectivity index (χ1) is 13.8. The van der Waals surface area contributed by atoms with E-state index in [1.165, 1.54) is 7.11 Å².